The maximum atomic E-state index is 13.4. The fraction of sp³-hybridized carbons (Fsp3) is 0.129. The summed E-state index contributed by atoms with van der Waals surface area (Å²) in [5, 5.41) is 4.11. The van der Waals surface area contributed by atoms with Crippen molar-refractivity contribution in [3.05, 3.63) is 126 Å². The third kappa shape index (κ3) is 5.14. The molecule has 6 heteroatoms. The monoisotopic (exact) mass is 489 g/mol. The van der Waals surface area contributed by atoms with E-state index in [0.717, 1.165) is 33.2 Å². The van der Waals surface area contributed by atoms with E-state index in [9.17, 15) is 9.59 Å². The molecule has 5 aromatic rings. The average molecular weight is 490 g/mol. The van der Waals surface area contributed by atoms with Gasteiger partial charge in [-0.3, -0.25) is 9.78 Å². The molecule has 2 aromatic heterocycles. The normalized spacial score (nSPS) is 11.7. The molecule has 0 aliphatic carbocycles. The highest BCUT2D eigenvalue weighted by molar-refractivity contribution is 6.06. The summed E-state index contributed by atoms with van der Waals surface area (Å²) in [5.74, 6) is -0.536. The van der Waals surface area contributed by atoms with Crippen LogP contribution in [0.3, 0.4) is 0 Å². The summed E-state index contributed by atoms with van der Waals surface area (Å²) in [4.78, 5) is 29.2. The Morgan fingerprint density at radius 3 is 2.30 bits per heavy atom. The number of hydrogen-bond acceptors (Lipinski definition) is 4. The number of esters is 1. The second-order valence-corrected chi connectivity index (χ2v) is 8.93. The largest absolute Gasteiger partial charge is 0.465 e. The Hall–Kier alpha value is -4.71. The fourth-order valence-corrected chi connectivity index (χ4v) is 4.50. The maximum absolute atomic E-state index is 13.4. The number of carbonyl (C=O) groups excluding carboxylic acids is 2. The molecule has 1 amide bonds. The number of rotatable bonds is 7. The summed E-state index contributed by atoms with van der Waals surface area (Å²) in [6.45, 7) is 2.57. The Morgan fingerprint density at radius 2 is 1.59 bits per heavy atom. The predicted octanol–water partition coefficient (Wildman–Crippen LogP) is 6.03. The van der Waals surface area contributed by atoms with Crippen molar-refractivity contribution in [3.8, 4) is 11.1 Å². The summed E-state index contributed by atoms with van der Waals surface area (Å²) in [7, 11) is 1.35. The summed E-state index contributed by atoms with van der Waals surface area (Å²) >= 11 is 0. The minimum Gasteiger partial charge on any atom is -0.465 e. The molecule has 2 heterocycles. The van der Waals surface area contributed by atoms with Gasteiger partial charge in [0.05, 0.1) is 29.8 Å². The summed E-state index contributed by atoms with van der Waals surface area (Å²) in [6.07, 6.45) is 5.60. The number of pyridine rings is 1. The van der Waals surface area contributed by atoms with Crippen molar-refractivity contribution < 1.29 is 14.3 Å². The number of benzene rings is 3. The number of amides is 1. The van der Waals surface area contributed by atoms with E-state index in [1.807, 2.05) is 61.7 Å². The third-order valence-electron chi connectivity index (χ3n) is 6.53. The highest BCUT2D eigenvalue weighted by atomic mass is 16.5. The molecule has 1 N–H and O–H groups in total. The number of hydrogen-bond donors (Lipinski definition) is 1. The van der Waals surface area contributed by atoms with Crippen LogP contribution in [-0.2, 0) is 11.3 Å². The van der Waals surface area contributed by atoms with Gasteiger partial charge in [-0.15, -0.1) is 0 Å². The van der Waals surface area contributed by atoms with Crippen LogP contribution in [0.2, 0.25) is 0 Å². The Labute approximate surface area is 215 Å². The van der Waals surface area contributed by atoms with E-state index < -0.39 is 0 Å². The average Bonchev–Trinajstić information content (AvgIpc) is 3.36. The van der Waals surface area contributed by atoms with Crippen molar-refractivity contribution in [2.24, 2.45) is 0 Å². The quantitative estimate of drug-likeness (QED) is 0.283. The van der Waals surface area contributed by atoms with Gasteiger partial charge in [-0.1, -0.05) is 48.5 Å². The van der Waals surface area contributed by atoms with Crippen LogP contribution in [0.4, 0.5) is 0 Å². The van der Waals surface area contributed by atoms with Gasteiger partial charge in [-0.05, 0) is 65.6 Å². The summed E-state index contributed by atoms with van der Waals surface area (Å²) in [6, 6.07) is 27.1. The number of fused-ring (bicyclic) bond motifs is 1. The number of methoxy groups -OCH3 is 1. The zero-order chi connectivity index (χ0) is 25.8. The highest BCUT2D eigenvalue weighted by Crippen LogP contribution is 2.24. The van der Waals surface area contributed by atoms with E-state index in [4.69, 9.17) is 4.74 Å². The van der Waals surface area contributed by atoms with Gasteiger partial charge in [-0.2, -0.15) is 0 Å². The first kappa shape index (κ1) is 24.0. The lowest BCUT2D eigenvalue weighted by Crippen LogP contribution is -2.27. The Balaban J connectivity index is 1.36. The number of aromatic nitrogens is 2. The number of ether oxygens (including phenoxy) is 1. The molecule has 184 valence electrons. The van der Waals surface area contributed by atoms with Crippen LogP contribution in [0.15, 0.2) is 104 Å². The molecule has 6 nitrogen and oxygen atoms in total. The van der Waals surface area contributed by atoms with Gasteiger partial charge in [-0.25, -0.2) is 4.79 Å². The van der Waals surface area contributed by atoms with Gasteiger partial charge in [0.1, 0.15) is 0 Å². The first-order valence-corrected chi connectivity index (χ1v) is 12.1. The van der Waals surface area contributed by atoms with E-state index in [1.165, 1.54) is 7.11 Å². The lowest BCUT2D eigenvalue weighted by Gasteiger charge is -2.16. The molecule has 0 bridgehead atoms. The fourth-order valence-electron chi connectivity index (χ4n) is 4.50. The standard InChI is InChI=1S/C31H27N3O3/c1-21(23-10-12-27(13-11-23)31(36)37-2)33-30(35)28-5-3-4-26-16-19-34(29(26)28)20-22-6-8-24(9-7-22)25-14-17-32-18-15-25/h3-19,21H,20H2,1-2H3,(H,33,35)/t21-/m0/s1. The number of nitrogens with zero attached hydrogens (tertiary/aromatic N) is 2. The van der Waals surface area contributed by atoms with Crippen LogP contribution < -0.4 is 5.32 Å². The first-order chi connectivity index (χ1) is 18.0. The van der Waals surface area contributed by atoms with E-state index >= 15 is 0 Å². The van der Waals surface area contributed by atoms with Crippen molar-refractivity contribution in [1.29, 1.82) is 0 Å². The number of carbonyl (C=O) groups is 2. The van der Waals surface area contributed by atoms with Crippen molar-refractivity contribution in [3.63, 3.8) is 0 Å². The molecule has 0 aliphatic rings. The minimum absolute atomic E-state index is 0.150. The molecule has 0 radical (unpaired) electrons. The smallest absolute Gasteiger partial charge is 0.337 e. The zero-order valence-electron chi connectivity index (χ0n) is 20.7. The van der Waals surface area contributed by atoms with Gasteiger partial charge in [0.15, 0.2) is 0 Å². The Kier molecular flexibility index (Phi) is 6.81. The van der Waals surface area contributed by atoms with Crippen LogP contribution in [0, 0.1) is 0 Å². The summed E-state index contributed by atoms with van der Waals surface area (Å²) in [5.41, 5.74) is 6.29. The van der Waals surface area contributed by atoms with E-state index in [0.29, 0.717) is 17.7 Å². The number of para-hydroxylation sites is 1. The van der Waals surface area contributed by atoms with Crippen LogP contribution >= 0.6 is 0 Å². The van der Waals surface area contributed by atoms with Crippen molar-refractivity contribution >= 4 is 22.8 Å². The van der Waals surface area contributed by atoms with Gasteiger partial charge in [0, 0.05) is 30.5 Å². The minimum atomic E-state index is -0.386. The Bertz CT molecular complexity index is 1540. The van der Waals surface area contributed by atoms with Gasteiger partial charge < -0.3 is 14.6 Å². The summed E-state index contributed by atoms with van der Waals surface area (Å²) < 4.78 is 6.87. The van der Waals surface area contributed by atoms with Crippen molar-refractivity contribution in [2.75, 3.05) is 7.11 Å². The molecule has 0 aliphatic heterocycles. The van der Waals surface area contributed by atoms with Gasteiger partial charge in [0.25, 0.3) is 5.91 Å². The highest BCUT2D eigenvalue weighted by Gasteiger charge is 2.17. The second-order valence-electron chi connectivity index (χ2n) is 8.93. The number of nitrogens with one attached hydrogen (secondary N) is 1. The molecule has 0 spiro atoms. The van der Waals surface area contributed by atoms with Crippen LogP contribution in [0.1, 0.15) is 44.8 Å². The molecule has 37 heavy (non-hydrogen) atoms. The van der Waals surface area contributed by atoms with Gasteiger partial charge >= 0.3 is 5.97 Å². The molecular weight excluding hydrogens is 462 g/mol. The maximum Gasteiger partial charge on any atom is 0.337 e. The first-order valence-electron chi connectivity index (χ1n) is 12.1. The van der Waals surface area contributed by atoms with Crippen molar-refractivity contribution in [2.45, 2.75) is 19.5 Å². The lowest BCUT2D eigenvalue weighted by atomic mass is 10.0. The molecule has 0 fully saturated rings. The molecule has 0 saturated carbocycles. The molecule has 0 unspecified atom stereocenters. The van der Waals surface area contributed by atoms with E-state index in [1.54, 1.807) is 24.5 Å². The molecule has 1 atom stereocenters. The SMILES string of the molecule is COC(=O)c1ccc([C@H](C)NC(=O)c2cccc3ccn(Cc4ccc(-c5ccncc5)cc4)c23)cc1. The van der Waals surface area contributed by atoms with Crippen LogP contribution in [-0.4, -0.2) is 28.5 Å². The third-order valence-corrected chi connectivity index (χ3v) is 6.53. The van der Waals surface area contributed by atoms with Crippen molar-refractivity contribution in [1.82, 2.24) is 14.9 Å². The second kappa shape index (κ2) is 10.5. The predicted molar refractivity (Wildman–Crippen MR) is 144 cm³/mol. The van der Waals surface area contributed by atoms with E-state index in [-0.39, 0.29) is 17.9 Å². The molecule has 5 rings (SSSR count). The van der Waals surface area contributed by atoms with E-state index in [2.05, 4.69) is 39.1 Å². The molecule has 0 saturated heterocycles. The Morgan fingerprint density at radius 1 is 0.892 bits per heavy atom. The molecular formula is C31H27N3O3. The van der Waals surface area contributed by atoms with Crippen LogP contribution in [0.25, 0.3) is 22.0 Å². The van der Waals surface area contributed by atoms with Gasteiger partial charge in [0.2, 0.25) is 0 Å². The zero-order valence-corrected chi connectivity index (χ0v) is 20.7. The van der Waals surface area contributed by atoms with Crippen LogP contribution in [0.5, 0.6) is 0 Å². The molecule has 3 aromatic carbocycles. The lowest BCUT2D eigenvalue weighted by molar-refractivity contribution is 0.0600. The topological polar surface area (TPSA) is 73.2 Å².